The molecule has 0 bridgehead atoms. The number of thiazole rings is 1. The first-order chi connectivity index (χ1) is 15.0. The molecule has 0 radical (unpaired) electrons. The summed E-state index contributed by atoms with van der Waals surface area (Å²) in [6.07, 6.45) is 0.117. The molecule has 1 amide bonds. The average Bonchev–Trinajstić information content (AvgIpc) is 3.11. The van der Waals surface area contributed by atoms with Gasteiger partial charge in [0.15, 0.2) is 4.80 Å². The summed E-state index contributed by atoms with van der Waals surface area (Å²) in [7, 11) is 4.68. The number of esters is 1. The second-order valence-corrected chi connectivity index (χ2v) is 7.43. The van der Waals surface area contributed by atoms with Gasteiger partial charge in [-0.15, -0.1) is 0 Å². The number of carbonyl (C=O) groups excluding carboxylic acids is 2. The van der Waals surface area contributed by atoms with E-state index in [-0.39, 0.29) is 25.5 Å². The molecule has 0 saturated carbocycles. The molecule has 0 aliphatic rings. The zero-order valence-corrected chi connectivity index (χ0v) is 18.7. The summed E-state index contributed by atoms with van der Waals surface area (Å²) in [5.41, 5.74) is 1.43. The molecule has 0 unspecified atom stereocenters. The van der Waals surface area contributed by atoms with Crippen molar-refractivity contribution in [2.75, 3.05) is 27.9 Å². The van der Waals surface area contributed by atoms with Crippen LogP contribution < -0.4 is 19.0 Å². The third kappa shape index (κ3) is 5.05. The molecular weight excluding hydrogens is 420 g/mol. The highest BCUT2D eigenvalue weighted by Crippen LogP contribution is 2.35. The first kappa shape index (κ1) is 22.4. The average molecular weight is 445 g/mol. The third-order valence-electron chi connectivity index (χ3n) is 4.52. The van der Waals surface area contributed by atoms with Crippen molar-refractivity contribution < 1.29 is 28.5 Å². The molecule has 0 saturated heterocycles. The molecule has 0 aliphatic heterocycles. The molecular formula is C22H24N2O6S. The summed E-state index contributed by atoms with van der Waals surface area (Å²) in [6, 6.07) is 10.7. The van der Waals surface area contributed by atoms with E-state index >= 15 is 0 Å². The second-order valence-electron chi connectivity index (χ2n) is 6.45. The Morgan fingerprint density at radius 1 is 0.968 bits per heavy atom. The fraction of sp³-hybridized carbons (Fsp3) is 0.318. The lowest BCUT2D eigenvalue weighted by Crippen LogP contribution is -2.23. The van der Waals surface area contributed by atoms with Crippen LogP contribution in [0.1, 0.15) is 12.5 Å². The van der Waals surface area contributed by atoms with Crippen molar-refractivity contribution in [3.63, 3.8) is 0 Å². The molecule has 164 valence electrons. The minimum Gasteiger partial charge on any atom is -0.497 e. The molecule has 8 nitrogen and oxygen atoms in total. The lowest BCUT2D eigenvalue weighted by atomic mass is 10.1. The fourth-order valence-corrected chi connectivity index (χ4v) is 4.24. The Bertz CT molecular complexity index is 1150. The zero-order valence-electron chi connectivity index (χ0n) is 17.8. The molecule has 3 rings (SSSR count). The van der Waals surface area contributed by atoms with E-state index < -0.39 is 5.97 Å². The lowest BCUT2D eigenvalue weighted by Gasteiger charge is -2.10. The van der Waals surface area contributed by atoms with Crippen molar-refractivity contribution in [1.82, 2.24) is 4.57 Å². The van der Waals surface area contributed by atoms with Crippen molar-refractivity contribution in [2.24, 2.45) is 4.99 Å². The van der Waals surface area contributed by atoms with Crippen molar-refractivity contribution in [1.29, 1.82) is 0 Å². The number of amides is 1. The van der Waals surface area contributed by atoms with E-state index in [2.05, 4.69) is 4.99 Å². The number of aromatic nitrogens is 1. The van der Waals surface area contributed by atoms with Crippen molar-refractivity contribution in [2.45, 2.75) is 19.9 Å². The number of fused-ring (bicyclic) bond motifs is 1. The van der Waals surface area contributed by atoms with Gasteiger partial charge < -0.3 is 23.5 Å². The lowest BCUT2D eigenvalue weighted by molar-refractivity contribution is -0.143. The highest BCUT2D eigenvalue weighted by molar-refractivity contribution is 7.16. The van der Waals surface area contributed by atoms with Crippen LogP contribution in [0.4, 0.5) is 0 Å². The Balaban J connectivity index is 2.07. The summed E-state index contributed by atoms with van der Waals surface area (Å²) < 4.78 is 23.5. The van der Waals surface area contributed by atoms with Crippen LogP contribution in [0, 0.1) is 0 Å². The minimum atomic E-state index is -0.434. The molecule has 2 aromatic carbocycles. The number of nitrogens with zero attached hydrogens (tertiary/aromatic N) is 2. The highest BCUT2D eigenvalue weighted by Gasteiger charge is 2.19. The maximum absolute atomic E-state index is 12.7. The van der Waals surface area contributed by atoms with E-state index in [4.69, 9.17) is 18.9 Å². The Morgan fingerprint density at radius 2 is 1.65 bits per heavy atom. The number of benzene rings is 2. The number of ether oxygens (including phenoxy) is 4. The number of carbonyl (C=O) groups is 2. The molecule has 1 aromatic heterocycles. The highest BCUT2D eigenvalue weighted by atomic mass is 32.1. The quantitative estimate of drug-likeness (QED) is 0.497. The van der Waals surface area contributed by atoms with Crippen LogP contribution >= 0.6 is 11.3 Å². The Morgan fingerprint density at radius 3 is 2.26 bits per heavy atom. The van der Waals surface area contributed by atoms with E-state index in [0.717, 1.165) is 10.3 Å². The van der Waals surface area contributed by atoms with Gasteiger partial charge in [0.1, 0.15) is 34.0 Å². The maximum atomic E-state index is 12.7. The van der Waals surface area contributed by atoms with Gasteiger partial charge in [-0.3, -0.25) is 9.59 Å². The van der Waals surface area contributed by atoms with Crippen LogP contribution in [0.5, 0.6) is 17.2 Å². The van der Waals surface area contributed by atoms with Gasteiger partial charge in [0, 0.05) is 0 Å². The zero-order chi connectivity index (χ0) is 22.4. The van der Waals surface area contributed by atoms with Gasteiger partial charge >= 0.3 is 5.97 Å². The summed E-state index contributed by atoms with van der Waals surface area (Å²) >= 11 is 1.25. The van der Waals surface area contributed by atoms with Crippen LogP contribution in [-0.2, 0) is 27.3 Å². The van der Waals surface area contributed by atoms with Crippen molar-refractivity contribution in [3.8, 4) is 17.2 Å². The first-order valence-electron chi connectivity index (χ1n) is 9.61. The summed E-state index contributed by atoms with van der Waals surface area (Å²) in [5.74, 6) is 1.08. The molecule has 0 aliphatic carbocycles. The standard InChI is InChI=1S/C22H24N2O6S/c1-5-30-19(26)13-24-20-16(28-3)10-11-17(29-4)21(20)31-22(24)23-18(25)12-14-6-8-15(27-2)9-7-14/h6-11H,5,12-13H2,1-4H3. The number of rotatable bonds is 8. The fourth-order valence-electron chi connectivity index (χ4n) is 3.09. The SMILES string of the molecule is CCOC(=O)Cn1c(=NC(=O)Cc2ccc(OC)cc2)sc2c(OC)ccc(OC)c21. The largest absolute Gasteiger partial charge is 0.497 e. The molecule has 0 fully saturated rings. The van der Waals surface area contributed by atoms with E-state index in [1.165, 1.54) is 11.3 Å². The molecule has 0 spiro atoms. The van der Waals surface area contributed by atoms with Gasteiger partial charge in [0.25, 0.3) is 5.91 Å². The van der Waals surface area contributed by atoms with Gasteiger partial charge in [-0.05, 0) is 36.8 Å². The van der Waals surface area contributed by atoms with Crippen LogP contribution in [0.2, 0.25) is 0 Å². The molecule has 0 atom stereocenters. The van der Waals surface area contributed by atoms with Gasteiger partial charge in [0.2, 0.25) is 0 Å². The number of hydrogen-bond donors (Lipinski definition) is 0. The monoisotopic (exact) mass is 444 g/mol. The Hall–Kier alpha value is -3.33. The normalized spacial score (nSPS) is 11.4. The van der Waals surface area contributed by atoms with Gasteiger partial charge in [-0.1, -0.05) is 23.5 Å². The molecule has 1 heterocycles. The maximum Gasteiger partial charge on any atom is 0.326 e. The number of hydrogen-bond acceptors (Lipinski definition) is 7. The second kappa shape index (κ2) is 10.1. The van der Waals surface area contributed by atoms with Crippen molar-refractivity contribution >= 4 is 33.4 Å². The van der Waals surface area contributed by atoms with Crippen LogP contribution in [0.15, 0.2) is 41.4 Å². The van der Waals surface area contributed by atoms with Crippen LogP contribution in [-0.4, -0.2) is 44.4 Å². The van der Waals surface area contributed by atoms with Gasteiger partial charge in [-0.25, -0.2) is 0 Å². The first-order valence-corrected chi connectivity index (χ1v) is 10.4. The predicted molar refractivity (Wildman–Crippen MR) is 117 cm³/mol. The van der Waals surface area contributed by atoms with Crippen molar-refractivity contribution in [3.05, 3.63) is 46.8 Å². The van der Waals surface area contributed by atoms with E-state index in [1.54, 1.807) is 57.1 Å². The summed E-state index contributed by atoms with van der Waals surface area (Å²) in [6.45, 7) is 1.89. The summed E-state index contributed by atoms with van der Waals surface area (Å²) in [4.78, 5) is 29.6. The van der Waals surface area contributed by atoms with Crippen LogP contribution in [0.25, 0.3) is 10.2 Å². The topological polar surface area (TPSA) is 88.4 Å². The minimum absolute atomic E-state index is 0.105. The smallest absolute Gasteiger partial charge is 0.326 e. The Labute approximate surface area is 183 Å². The number of methoxy groups -OCH3 is 3. The van der Waals surface area contributed by atoms with E-state index in [1.807, 2.05) is 12.1 Å². The van der Waals surface area contributed by atoms with Gasteiger partial charge in [0.05, 0.1) is 34.4 Å². The Kier molecular flexibility index (Phi) is 7.30. The van der Waals surface area contributed by atoms with Crippen LogP contribution in [0.3, 0.4) is 0 Å². The molecule has 3 aromatic rings. The molecule has 9 heteroatoms. The van der Waals surface area contributed by atoms with E-state index in [0.29, 0.717) is 27.6 Å². The molecule has 0 N–H and O–H groups in total. The predicted octanol–water partition coefficient (Wildman–Crippen LogP) is 2.96. The summed E-state index contributed by atoms with van der Waals surface area (Å²) in [5, 5.41) is 0. The van der Waals surface area contributed by atoms with Gasteiger partial charge in [-0.2, -0.15) is 4.99 Å². The molecule has 31 heavy (non-hydrogen) atoms. The third-order valence-corrected chi connectivity index (χ3v) is 5.61. The van der Waals surface area contributed by atoms with E-state index in [9.17, 15) is 9.59 Å².